The molecule has 1 aromatic heterocycles. The van der Waals surface area contributed by atoms with E-state index < -0.39 is 0 Å². The fourth-order valence-corrected chi connectivity index (χ4v) is 2.82. The lowest BCUT2D eigenvalue weighted by molar-refractivity contribution is 0.172. The van der Waals surface area contributed by atoms with Gasteiger partial charge in [0, 0.05) is 0 Å². The maximum Gasteiger partial charge on any atom is 0.216 e. The van der Waals surface area contributed by atoms with Crippen LogP contribution in [0.4, 0.5) is 0 Å². The van der Waals surface area contributed by atoms with Gasteiger partial charge in [-0.3, -0.25) is 0 Å². The highest BCUT2D eigenvalue weighted by Gasteiger charge is 2.20. The van der Waals surface area contributed by atoms with Crippen LogP contribution in [0.25, 0.3) is 11.4 Å². The Labute approximate surface area is 154 Å². The van der Waals surface area contributed by atoms with Crippen molar-refractivity contribution in [2.24, 2.45) is 5.10 Å². The summed E-state index contributed by atoms with van der Waals surface area (Å²) in [5, 5.41) is 11.6. The van der Waals surface area contributed by atoms with E-state index in [2.05, 4.69) is 15.3 Å². The molecular formula is C18H16N4O3S. The molecule has 4 rings (SSSR count). The number of methoxy groups -OCH3 is 1. The summed E-state index contributed by atoms with van der Waals surface area (Å²) in [6, 6.07) is 13.2. The van der Waals surface area contributed by atoms with Crippen molar-refractivity contribution >= 4 is 18.4 Å². The first-order valence-electron chi connectivity index (χ1n) is 8.01. The molecule has 0 amide bonds. The zero-order chi connectivity index (χ0) is 17.9. The molecule has 26 heavy (non-hydrogen) atoms. The minimum absolute atomic E-state index is 0.388. The van der Waals surface area contributed by atoms with E-state index in [1.165, 1.54) is 0 Å². The molecule has 0 saturated carbocycles. The minimum Gasteiger partial charge on any atom is -0.497 e. The predicted octanol–water partition coefficient (Wildman–Crippen LogP) is 3.27. The number of nitrogens with zero attached hydrogens (tertiary/aromatic N) is 3. The van der Waals surface area contributed by atoms with Gasteiger partial charge in [-0.2, -0.15) is 14.9 Å². The summed E-state index contributed by atoms with van der Waals surface area (Å²) in [4.78, 5) is 0. The standard InChI is InChI=1S/C18H16N4O3S/c1-23-13-7-5-12(6-8-13)11-19-22-17(20-21-18(22)26)14-3-2-4-15-16(14)25-10-9-24-15/h2-8,11H,9-10H2,1H3,(H,21,26)/b19-11+. The van der Waals surface area contributed by atoms with Crippen LogP contribution in [-0.2, 0) is 0 Å². The second kappa shape index (κ2) is 7.01. The molecule has 0 bridgehead atoms. The van der Waals surface area contributed by atoms with E-state index in [9.17, 15) is 0 Å². The fraction of sp³-hybridized carbons (Fsp3) is 0.167. The van der Waals surface area contributed by atoms with E-state index in [0.29, 0.717) is 35.3 Å². The van der Waals surface area contributed by atoms with Crippen LogP contribution in [0.15, 0.2) is 47.6 Å². The van der Waals surface area contributed by atoms with E-state index >= 15 is 0 Å². The smallest absolute Gasteiger partial charge is 0.216 e. The molecule has 0 aliphatic carbocycles. The maximum atomic E-state index is 5.77. The molecule has 0 spiro atoms. The highest BCUT2D eigenvalue weighted by Crippen LogP contribution is 2.39. The van der Waals surface area contributed by atoms with Crippen LogP contribution >= 0.6 is 12.2 Å². The van der Waals surface area contributed by atoms with Gasteiger partial charge in [0.2, 0.25) is 4.77 Å². The summed E-state index contributed by atoms with van der Waals surface area (Å²) in [5.74, 6) is 2.68. The van der Waals surface area contributed by atoms with Gasteiger partial charge < -0.3 is 14.2 Å². The first-order valence-corrected chi connectivity index (χ1v) is 8.42. The normalized spacial score (nSPS) is 13.1. The first kappa shape index (κ1) is 16.3. The van der Waals surface area contributed by atoms with E-state index in [-0.39, 0.29) is 0 Å². The van der Waals surface area contributed by atoms with Crippen LogP contribution in [0.2, 0.25) is 0 Å². The average molecular weight is 368 g/mol. The van der Waals surface area contributed by atoms with Gasteiger partial charge in [0.25, 0.3) is 0 Å². The van der Waals surface area contributed by atoms with Crippen molar-refractivity contribution in [2.45, 2.75) is 0 Å². The Balaban J connectivity index is 1.72. The molecule has 0 radical (unpaired) electrons. The zero-order valence-corrected chi connectivity index (χ0v) is 14.8. The number of ether oxygens (including phenoxy) is 3. The molecule has 0 unspecified atom stereocenters. The van der Waals surface area contributed by atoms with Crippen molar-refractivity contribution in [3.63, 3.8) is 0 Å². The van der Waals surface area contributed by atoms with Crippen molar-refractivity contribution < 1.29 is 14.2 Å². The molecule has 1 N–H and O–H groups in total. The Hall–Kier alpha value is -3.13. The Kier molecular flexibility index (Phi) is 4.40. The minimum atomic E-state index is 0.388. The van der Waals surface area contributed by atoms with Gasteiger partial charge in [-0.1, -0.05) is 6.07 Å². The number of nitrogens with one attached hydrogen (secondary N) is 1. The van der Waals surface area contributed by atoms with E-state index in [1.54, 1.807) is 18.0 Å². The number of para-hydroxylation sites is 1. The first-order chi connectivity index (χ1) is 12.8. The molecule has 132 valence electrons. The third-order valence-electron chi connectivity index (χ3n) is 3.90. The number of aromatic amines is 1. The summed E-state index contributed by atoms with van der Waals surface area (Å²) in [5.41, 5.74) is 1.68. The summed E-state index contributed by atoms with van der Waals surface area (Å²) < 4.78 is 18.5. The Morgan fingerprint density at radius 2 is 2.00 bits per heavy atom. The highest BCUT2D eigenvalue weighted by molar-refractivity contribution is 7.71. The summed E-state index contributed by atoms with van der Waals surface area (Å²) in [6.45, 7) is 1.02. The van der Waals surface area contributed by atoms with Crippen LogP contribution in [0.5, 0.6) is 17.2 Å². The van der Waals surface area contributed by atoms with Gasteiger partial charge >= 0.3 is 0 Å². The molecule has 8 heteroatoms. The number of rotatable bonds is 4. The number of aromatic nitrogens is 3. The van der Waals surface area contributed by atoms with Crippen molar-refractivity contribution in [2.75, 3.05) is 20.3 Å². The lowest BCUT2D eigenvalue weighted by atomic mass is 10.1. The van der Waals surface area contributed by atoms with Crippen molar-refractivity contribution in [1.29, 1.82) is 0 Å². The summed E-state index contributed by atoms with van der Waals surface area (Å²) in [7, 11) is 1.63. The number of hydrogen-bond donors (Lipinski definition) is 1. The van der Waals surface area contributed by atoms with Gasteiger partial charge in [0.1, 0.15) is 19.0 Å². The molecule has 0 atom stereocenters. The zero-order valence-electron chi connectivity index (χ0n) is 14.0. The maximum absolute atomic E-state index is 5.77. The highest BCUT2D eigenvalue weighted by atomic mass is 32.1. The molecule has 1 aliphatic rings. The third-order valence-corrected chi connectivity index (χ3v) is 4.16. The fourth-order valence-electron chi connectivity index (χ4n) is 2.64. The van der Waals surface area contributed by atoms with Gasteiger partial charge in [-0.15, -0.1) is 0 Å². The molecule has 2 heterocycles. The van der Waals surface area contributed by atoms with Gasteiger partial charge in [0.05, 0.1) is 18.9 Å². The second-order valence-corrected chi connectivity index (χ2v) is 5.90. The van der Waals surface area contributed by atoms with Gasteiger partial charge in [0.15, 0.2) is 17.3 Å². The van der Waals surface area contributed by atoms with E-state index in [4.69, 9.17) is 26.4 Å². The van der Waals surface area contributed by atoms with Crippen LogP contribution in [0.1, 0.15) is 5.56 Å². The van der Waals surface area contributed by atoms with Crippen molar-refractivity contribution in [3.8, 4) is 28.6 Å². The third kappa shape index (κ3) is 3.06. The summed E-state index contributed by atoms with van der Waals surface area (Å²) >= 11 is 5.32. The topological polar surface area (TPSA) is 73.7 Å². The number of fused-ring (bicyclic) bond motifs is 1. The Morgan fingerprint density at radius 3 is 2.81 bits per heavy atom. The average Bonchev–Trinajstić information content (AvgIpc) is 3.06. The molecule has 7 nitrogen and oxygen atoms in total. The van der Waals surface area contributed by atoms with Crippen LogP contribution in [0, 0.1) is 4.77 Å². The van der Waals surface area contributed by atoms with E-state index in [0.717, 1.165) is 16.9 Å². The molecule has 2 aromatic carbocycles. The Bertz CT molecular complexity index is 1010. The van der Waals surface area contributed by atoms with E-state index in [1.807, 2.05) is 42.5 Å². The second-order valence-electron chi connectivity index (χ2n) is 5.51. The summed E-state index contributed by atoms with van der Waals surface area (Å²) in [6.07, 6.45) is 1.71. The Morgan fingerprint density at radius 1 is 1.19 bits per heavy atom. The lowest BCUT2D eigenvalue weighted by Crippen LogP contribution is -2.16. The quantitative estimate of drug-likeness (QED) is 0.565. The monoisotopic (exact) mass is 368 g/mol. The van der Waals surface area contributed by atoms with Gasteiger partial charge in [-0.05, 0) is 54.2 Å². The van der Waals surface area contributed by atoms with Crippen LogP contribution < -0.4 is 14.2 Å². The lowest BCUT2D eigenvalue weighted by Gasteiger charge is -2.20. The van der Waals surface area contributed by atoms with Gasteiger partial charge in [-0.25, -0.2) is 5.10 Å². The molecule has 1 aliphatic heterocycles. The predicted molar refractivity (Wildman–Crippen MR) is 99.8 cm³/mol. The molecular weight excluding hydrogens is 352 g/mol. The van der Waals surface area contributed by atoms with Crippen molar-refractivity contribution in [1.82, 2.24) is 14.9 Å². The van der Waals surface area contributed by atoms with Crippen molar-refractivity contribution in [3.05, 3.63) is 52.8 Å². The number of benzene rings is 2. The largest absolute Gasteiger partial charge is 0.497 e. The number of H-pyrrole nitrogens is 1. The van der Waals surface area contributed by atoms with Crippen LogP contribution in [-0.4, -0.2) is 41.4 Å². The molecule has 0 fully saturated rings. The molecule has 3 aromatic rings. The van der Waals surface area contributed by atoms with Crippen LogP contribution in [0.3, 0.4) is 0 Å². The SMILES string of the molecule is COc1ccc(/C=N/n2c(-c3cccc4c3OCCO4)n[nH]c2=S)cc1. The number of hydrogen-bond acceptors (Lipinski definition) is 6. The molecule has 0 saturated heterocycles.